The van der Waals surface area contributed by atoms with Crippen LogP contribution in [0.25, 0.3) is 0 Å². The first kappa shape index (κ1) is 11.1. The van der Waals surface area contributed by atoms with Crippen LogP contribution in [0, 0.1) is 0 Å². The van der Waals surface area contributed by atoms with Crippen molar-refractivity contribution in [1.29, 1.82) is 0 Å². The van der Waals surface area contributed by atoms with Crippen molar-refractivity contribution in [1.82, 2.24) is 10.2 Å². The molecule has 0 bridgehead atoms. The van der Waals surface area contributed by atoms with Crippen LogP contribution in [0.1, 0.15) is 45.0 Å². The first-order valence-corrected chi connectivity index (χ1v) is 4.83. The fourth-order valence-electron chi connectivity index (χ4n) is 0.887. The number of hydrogen-bond acceptors (Lipinski definition) is 5. The fourth-order valence-corrected chi connectivity index (χ4v) is 0.887. The van der Waals surface area contributed by atoms with E-state index >= 15 is 0 Å². The number of ether oxygens (including phenoxy) is 1. The molecule has 14 heavy (non-hydrogen) atoms. The Morgan fingerprint density at radius 1 is 1.43 bits per heavy atom. The van der Waals surface area contributed by atoms with Gasteiger partial charge in [-0.15, -0.1) is 10.2 Å². The zero-order valence-electron chi connectivity index (χ0n) is 8.86. The first-order chi connectivity index (χ1) is 6.63. The molecular formula is C9H17N3O2. The van der Waals surface area contributed by atoms with E-state index in [1.807, 2.05) is 20.8 Å². The molecule has 1 atom stereocenters. The maximum atomic E-state index is 5.73. The highest BCUT2D eigenvalue weighted by molar-refractivity contribution is 4.86. The van der Waals surface area contributed by atoms with E-state index in [-0.39, 0.29) is 12.1 Å². The number of rotatable bonds is 5. The summed E-state index contributed by atoms with van der Waals surface area (Å²) in [6.07, 6.45) is 0.942. The van der Waals surface area contributed by atoms with Crippen molar-refractivity contribution in [2.75, 3.05) is 0 Å². The molecule has 0 aromatic carbocycles. The van der Waals surface area contributed by atoms with Gasteiger partial charge in [0.15, 0.2) is 0 Å². The molecule has 1 aromatic heterocycles. The lowest BCUT2D eigenvalue weighted by Gasteiger charge is -2.03. The maximum Gasteiger partial charge on any atom is 0.242 e. The molecule has 80 valence electrons. The number of aromatic nitrogens is 2. The van der Waals surface area contributed by atoms with Crippen LogP contribution in [-0.2, 0) is 11.3 Å². The van der Waals surface area contributed by atoms with E-state index in [1.54, 1.807) is 0 Å². The lowest BCUT2D eigenvalue weighted by molar-refractivity contribution is 0.0508. The summed E-state index contributed by atoms with van der Waals surface area (Å²) in [5.74, 6) is 0.965. The largest absolute Gasteiger partial charge is 0.421 e. The minimum absolute atomic E-state index is 0.158. The molecule has 5 nitrogen and oxygen atoms in total. The van der Waals surface area contributed by atoms with E-state index in [0.717, 1.165) is 6.42 Å². The van der Waals surface area contributed by atoms with Gasteiger partial charge in [-0.1, -0.05) is 6.92 Å². The summed E-state index contributed by atoms with van der Waals surface area (Å²) in [7, 11) is 0. The second kappa shape index (κ2) is 5.07. The van der Waals surface area contributed by atoms with Gasteiger partial charge in [0.25, 0.3) is 0 Å². The lowest BCUT2D eigenvalue weighted by Crippen LogP contribution is -2.08. The molecule has 1 heterocycles. The van der Waals surface area contributed by atoms with Gasteiger partial charge in [0, 0.05) is 0 Å². The molecule has 0 aliphatic heterocycles. The van der Waals surface area contributed by atoms with Crippen molar-refractivity contribution in [3.63, 3.8) is 0 Å². The summed E-state index contributed by atoms with van der Waals surface area (Å²) >= 11 is 0. The van der Waals surface area contributed by atoms with Gasteiger partial charge < -0.3 is 14.9 Å². The van der Waals surface area contributed by atoms with Gasteiger partial charge in [0.2, 0.25) is 11.8 Å². The van der Waals surface area contributed by atoms with Crippen LogP contribution in [0.5, 0.6) is 0 Å². The zero-order chi connectivity index (χ0) is 10.6. The van der Waals surface area contributed by atoms with Crippen LogP contribution in [0.2, 0.25) is 0 Å². The van der Waals surface area contributed by atoms with Crippen LogP contribution in [-0.4, -0.2) is 16.3 Å². The van der Waals surface area contributed by atoms with E-state index in [9.17, 15) is 0 Å². The van der Waals surface area contributed by atoms with Crippen LogP contribution in [0.15, 0.2) is 4.42 Å². The minimum Gasteiger partial charge on any atom is -0.421 e. The topological polar surface area (TPSA) is 74.2 Å². The first-order valence-electron chi connectivity index (χ1n) is 4.83. The standard InChI is InChI=1S/C9H17N3O2/c1-4-7(10)9-12-11-8(14-9)5-13-6(2)3/h6-7H,4-5,10H2,1-3H3. The Hall–Kier alpha value is -0.940. The predicted molar refractivity (Wildman–Crippen MR) is 51.4 cm³/mol. The highest BCUT2D eigenvalue weighted by Gasteiger charge is 2.12. The smallest absolute Gasteiger partial charge is 0.242 e. The molecule has 0 aliphatic carbocycles. The molecule has 0 spiro atoms. The quantitative estimate of drug-likeness (QED) is 0.776. The van der Waals surface area contributed by atoms with Crippen molar-refractivity contribution in [2.45, 2.75) is 45.9 Å². The molecule has 0 amide bonds. The summed E-state index contributed by atoms with van der Waals surface area (Å²) in [4.78, 5) is 0. The molecule has 2 N–H and O–H groups in total. The van der Waals surface area contributed by atoms with Crippen molar-refractivity contribution < 1.29 is 9.15 Å². The van der Waals surface area contributed by atoms with E-state index < -0.39 is 0 Å². The van der Waals surface area contributed by atoms with Gasteiger partial charge in [0.05, 0.1) is 12.1 Å². The van der Waals surface area contributed by atoms with Gasteiger partial charge in [0.1, 0.15) is 6.61 Å². The third-order valence-corrected chi connectivity index (χ3v) is 1.78. The van der Waals surface area contributed by atoms with E-state index in [4.69, 9.17) is 14.9 Å². The summed E-state index contributed by atoms with van der Waals surface area (Å²) in [5.41, 5.74) is 5.73. The molecule has 1 rings (SSSR count). The molecule has 0 fully saturated rings. The van der Waals surface area contributed by atoms with Gasteiger partial charge in [-0.2, -0.15) is 0 Å². The maximum absolute atomic E-state index is 5.73. The van der Waals surface area contributed by atoms with Gasteiger partial charge >= 0.3 is 0 Å². The Kier molecular flexibility index (Phi) is 4.03. The Bertz CT molecular complexity index is 273. The zero-order valence-corrected chi connectivity index (χ0v) is 8.86. The normalized spacial score (nSPS) is 13.5. The summed E-state index contributed by atoms with van der Waals surface area (Å²) in [5, 5.41) is 7.68. The third-order valence-electron chi connectivity index (χ3n) is 1.78. The molecule has 5 heteroatoms. The molecule has 1 unspecified atom stereocenters. The average molecular weight is 199 g/mol. The highest BCUT2D eigenvalue weighted by atomic mass is 16.5. The van der Waals surface area contributed by atoms with Crippen LogP contribution < -0.4 is 5.73 Å². The summed E-state index contributed by atoms with van der Waals surface area (Å²) in [6, 6.07) is -0.171. The summed E-state index contributed by atoms with van der Waals surface area (Å²) in [6.45, 7) is 6.23. The molecule has 1 aromatic rings. The van der Waals surface area contributed by atoms with Gasteiger partial charge in [-0.3, -0.25) is 0 Å². The predicted octanol–water partition coefficient (Wildman–Crippen LogP) is 1.40. The Balaban J connectivity index is 2.50. The van der Waals surface area contributed by atoms with Crippen LogP contribution >= 0.6 is 0 Å². The number of hydrogen-bond donors (Lipinski definition) is 1. The Morgan fingerprint density at radius 3 is 2.71 bits per heavy atom. The second-order valence-corrected chi connectivity index (χ2v) is 3.41. The minimum atomic E-state index is -0.171. The third kappa shape index (κ3) is 3.08. The summed E-state index contributed by atoms with van der Waals surface area (Å²) < 4.78 is 10.6. The monoisotopic (exact) mass is 199 g/mol. The molecule has 0 saturated heterocycles. The van der Waals surface area contributed by atoms with Crippen molar-refractivity contribution in [3.8, 4) is 0 Å². The molecule has 0 radical (unpaired) electrons. The molecule has 0 saturated carbocycles. The highest BCUT2D eigenvalue weighted by Crippen LogP contribution is 2.12. The van der Waals surface area contributed by atoms with Crippen molar-refractivity contribution >= 4 is 0 Å². The van der Waals surface area contributed by atoms with E-state index in [1.165, 1.54) is 0 Å². The van der Waals surface area contributed by atoms with Crippen LogP contribution in [0.3, 0.4) is 0 Å². The number of nitrogens with zero attached hydrogens (tertiary/aromatic N) is 2. The molecular weight excluding hydrogens is 182 g/mol. The number of nitrogens with two attached hydrogens (primary N) is 1. The van der Waals surface area contributed by atoms with E-state index in [2.05, 4.69) is 10.2 Å². The second-order valence-electron chi connectivity index (χ2n) is 3.41. The SMILES string of the molecule is CCC(N)c1nnc(COC(C)C)o1. The lowest BCUT2D eigenvalue weighted by atomic mass is 10.2. The van der Waals surface area contributed by atoms with Crippen LogP contribution in [0.4, 0.5) is 0 Å². The van der Waals surface area contributed by atoms with E-state index in [0.29, 0.717) is 18.4 Å². The Morgan fingerprint density at radius 2 is 2.14 bits per heavy atom. The van der Waals surface area contributed by atoms with Gasteiger partial charge in [-0.05, 0) is 20.3 Å². The molecule has 0 aliphatic rings. The fraction of sp³-hybridized carbons (Fsp3) is 0.778. The van der Waals surface area contributed by atoms with Gasteiger partial charge in [-0.25, -0.2) is 0 Å². The van der Waals surface area contributed by atoms with Crippen molar-refractivity contribution in [3.05, 3.63) is 11.8 Å². The average Bonchev–Trinajstić information content (AvgIpc) is 2.62. The van der Waals surface area contributed by atoms with Crippen molar-refractivity contribution in [2.24, 2.45) is 5.73 Å². The Labute approximate surface area is 83.6 Å².